The maximum Gasteiger partial charge on any atom is 0.270 e. The van der Waals surface area contributed by atoms with Crippen molar-refractivity contribution in [3.8, 4) is 0 Å². The normalized spacial score (nSPS) is 14.7. The van der Waals surface area contributed by atoms with E-state index in [2.05, 4.69) is 20.6 Å². The molecule has 0 unspecified atom stereocenters. The van der Waals surface area contributed by atoms with Crippen LogP contribution in [0, 0.1) is 13.8 Å². The third-order valence-corrected chi connectivity index (χ3v) is 4.05. The smallest absolute Gasteiger partial charge is 0.270 e. The van der Waals surface area contributed by atoms with Crippen molar-refractivity contribution in [2.24, 2.45) is 0 Å². The minimum absolute atomic E-state index is 0.116. The van der Waals surface area contributed by atoms with Crippen molar-refractivity contribution >= 4 is 17.4 Å². The Bertz CT molecular complexity index is 708. The number of anilines is 2. The first kappa shape index (κ1) is 15.5. The van der Waals surface area contributed by atoms with E-state index in [4.69, 9.17) is 0 Å². The van der Waals surface area contributed by atoms with Gasteiger partial charge in [-0.2, -0.15) is 0 Å². The molecule has 1 aliphatic rings. The minimum Gasteiger partial charge on any atom is -0.348 e. The second-order valence-corrected chi connectivity index (χ2v) is 6.13. The van der Waals surface area contributed by atoms with E-state index in [-0.39, 0.29) is 11.9 Å². The maximum absolute atomic E-state index is 12.4. The predicted molar refractivity (Wildman–Crippen MR) is 91.0 cm³/mol. The highest BCUT2D eigenvalue weighted by Crippen LogP contribution is 2.19. The molecule has 5 nitrogen and oxygen atoms in total. The van der Waals surface area contributed by atoms with Crippen LogP contribution in [0.25, 0.3) is 0 Å². The van der Waals surface area contributed by atoms with Crippen LogP contribution < -0.4 is 10.6 Å². The fourth-order valence-electron chi connectivity index (χ4n) is 2.95. The second-order valence-electron chi connectivity index (χ2n) is 6.13. The Morgan fingerprint density at radius 1 is 1.13 bits per heavy atom. The molecule has 23 heavy (non-hydrogen) atoms. The second kappa shape index (κ2) is 6.77. The molecule has 1 saturated carbocycles. The van der Waals surface area contributed by atoms with Gasteiger partial charge >= 0.3 is 0 Å². The molecule has 0 saturated heterocycles. The monoisotopic (exact) mass is 310 g/mol. The van der Waals surface area contributed by atoms with Gasteiger partial charge in [-0.05, 0) is 44.4 Å². The van der Waals surface area contributed by atoms with Gasteiger partial charge in [0.15, 0.2) is 0 Å². The number of rotatable bonds is 4. The first-order valence-corrected chi connectivity index (χ1v) is 8.10. The van der Waals surface area contributed by atoms with Gasteiger partial charge < -0.3 is 10.6 Å². The van der Waals surface area contributed by atoms with E-state index in [1.807, 2.05) is 31.2 Å². The molecule has 1 amide bonds. The van der Waals surface area contributed by atoms with Gasteiger partial charge in [0.05, 0.1) is 0 Å². The van der Waals surface area contributed by atoms with Gasteiger partial charge in [0.2, 0.25) is 0 Å². The Morgan fingerprint density at radius 2 is 1.91 bits per heavy atom. The SMILES string of the molecule is Cc1cccc(Nc2cc(C(=O)NC3CCCC3)nc(C)n2)c1. The lowest BCUT2D eigenvalue weighted by atomic mass is 10.2. The molecule has 120 valence electrons. The van der Waals surface area contributed by atoms with Gasteiger partial charge in [0, 0.05) is 17.8 Å². The Kier molecular flexibility index (Phi) is 4.55. The zero-order valence-corrected chi connectivity index (χ0v) is 13.6. The summed E-state index contributed by atoms with van der Waals surface area (Å²) in [4.78, 5) is 21.0. The Balaban J connectivity index is 1.76. The molecule has 1 aromatic carbocycles. The number of aryl methyl sites for hydroxylation is 2. The average Bonchev–Trinajstić information content (AvgIpc) is 2.99. The van der Waals surface area contributed by atoms with E-state index in [0.29, 0.717) is 17.3 Å². The Labute approximate surface area is 136 Å². The number of hydrogen-bond acceptors (Lipinski definition) is 4. The number of carbonyl (C=O) groups excluding carboxylic acids is 1. The number of amides is 1. The molecular formula is C18H22N4O. The molecule has 0 atom stereocenters. The van der Waals surface area contributed by atoms with Crippen LogP contribution in [0.15, 0.2) is 30.3 Å². The topological polar surface area (TPSA) is 66.9 Å². The molecule has 0 radical (unpaired) electrons. The van der Waals surface area contributed by atoms with E-state index in [1.54, 1.807) is 13.0 Å². The molecule has 0 bridgehead atoms. The van der Waals surface area contributed by atoms with Gasteiger partial charge in [0.1, 0.15) is 17.3 Å². The van der Waals surface area contributed by atoms with Crippen LogP contribution in [0.1, 0.15) is 47.6 Å². The highest BCUT2D eigenvalue weighted by Gasteiger charge is 2.19. The number of nitrogens with one attached hydrogen (secondary N) is 2. The van der Waals surface area contributed by atoms with Gasteiger partial charge in [-0.3, -0.25) is 4.79 Å². The fraction of sp³-hybridized carbons (Fsp3) is 0.389. The lowest BCUT2D eigenvalue weighted by Crippen LogP contribution is -2.33. The highest BCUT2D eigenvalue weighted by molar-refractivity contribution is 5.93. The molecule has 3 rings (SSSR count). The van der Waals surface area contributed by atoms with E-state index >= 15 is 0 Å². The van der Waals surface area contributed by atoms with Crippen molar-refractivity contribution in [3.05, 3.63) is 47.4 Å². The first-order chi connectivity index (χ1) is 11.1. The molecule has 5 heteroatoms. The zero-order valence-electron chi connectivity index (χ0n) is 13.6. The van der Waals surface area contributed by atoms with Gasteiger partial charge in [0.25, 0.3) is 5.91 Å². The maximum atomic E-state index is 12.4. The molecule has 2 N–H and O–H groups in total. The van der Waals surface area contributed by atoms with Crippen LogP contribution in [0.2, 0.25) is 0 Å². The third-order valence-electron chi connectivity index (χ3n) is 4.05. The number of hydrogen-bond donors (Lipinski definition) is 2. The lowest BCUT2D eigenvalue weighted by molar-refractivity contribution is 0.0932. The molecule has 1 fully saturated rings. The summed E-state index contributed by atoms with van der Waals surface area (Å²) in [6, 6.07) is 10.0. The van der Waals surface area contributed by atoms with E-state index in [0.717, 1.165) is 18.5 Å². The van der Waals surface area contributed by atoms with Gasteiger partial charge in [-0.15, -0.1) is 0 Å². The summed E-state index contributed by atoms with van der Waals surface area (Å²) in [5.41, 5.74) is 2.53. The van der Waals surface area contributed by atoms with Crippen LogP contribution in [-0.4, -0.2) is 21.9 Å². The van der Waals surface area contributed by atoms with Crippen LogP contribution >= 0.6 is 0 Å². The summed E-state index contributed by atoms with van der Waals surface area (Å²) in [5.74, 6) is 1.11. The van der Waals surface area contributed by atoms with Crippen LogP contribution in [0.5, 0.6) is 0 Å². The summed E-state index contributed by atoms with van der Waals surface area (Å²) in [6.07, 6.45) is 4.50. The van der Waals surface area contributed by atoms with Crippen molar-refractivity contribution in [2.45, 2.75) is 45.6 Å². The quantitative estimate of drug-likeness (QED) is 0.907. The van der Waals surface area contributed by atoms with Crippen LogP contribution in [0.3, 0.4) is 0 Å². The lowest BCUT2D eigenvalue weighted by Gasteiger charge is -2.13. The third kappa shape index (κ3) is 4.06. The summed E-state index contributed by atoms with van der Waals surface area (Å²) < 4.78 is 0. The largest absolute Gasteiger partial charge is 0.348 e. The Morgan fingerprint density at radius 3 is 2.65 bits per heavy atom. The molecule has 1 aromatic heterocycles. The van der Waals surface area contributed by atoms with E-state index in [1.165, 1.54) is 18.4 Å². The minimum atomic E-state index is -0.116. The number of nitrogens with zero attached hydrogens (tertiary/aromatic N) is 2. The molecule has 0 aliphatic heterocycles. The van der Waals surface area contributed by atoms with Crippen molar-refractivity contribution in [1.29, 1.82) is 0 Å². The zero-order chi connectivity index (χ0) is 16.2. The fourth-order valence-corrected chi connectivity index (χ4v) is 2.95. The van der Waals surface area contributed by atoms with E-state index < -0.39 is 0 Å². The summed E-state index contributed by atoms with van der Waals surface area (Å²) in [6.45, 7) is 3.84. The molecule has 1 heterocycles. The van der Waals surface area contributed by atoms with Crippen molar-refractivity contribution in [1.82, 2.24) is 15.3 Å². The predicted octanol–water partition coefficient (Wildman–Crippen LogP) is 3.51. The summed E-state index contributed by atoms with van der Waals surface area (Å²) >= 11 is 0. The van der Waals surface area contributed by atoms with Crippen molar-refractivity contribution < 1.29 is 4.79 Å². The number of aromatic nitrogens is 2. The standard InChI is InChI=1S/C18H22N4O/c1-12-6-5-9-15(10-12)21-17-11-16(19-13(2)20-17)18(23)22-14-7-3-4-8-14/h5-6,9-11,14H,3-4,7-8H2,1-2H3,(H,22,23)(H,19,20,21). The van der Waals surface area contributed by atoms with Crippen LogP contribution in [0.4, 0.5) is 11.5 Å². The van der Waals surface area contributed by atoms with Gasteiger partial charge in [-0.1, -0.05) is 25.0 Å². The molecular weight excluding hydrogens is 288 g/mol. The van der Waals surface area contributed by atoms with Crippen molar-refractivity contribution in [2.75, 3.05) is 5.32 Å². The van der Waals surface area contributed by atoms with Gasteiger partial charge in [-0.25, -0.2) is 9.97 Å². The molecule has 0 spiro atoms. The Hall–Kier alpha value is -2.43. The number of carbonyl (C=O) groups is 1. The summed E-state index contributed by atoms with van der Waals surface area (Å²) in [7, 11) is 0. The average molecular weight is 310 g/mol. The van der Waals surface area contributed by atoms with Crippen LogP contribution in [-0.2, 0) is 0 Å². The molecule has 1 aliphatic carbocycles. The van der Waals surface area contributed by atoms with Crippen molar-refractivity contribution in [3.63, 3.8) is 0 Å². The highest BCUT2D eigenvalue weighted by atomic mass is 16.1. The summed E-state index contributed by atoms with van der Waals surface area (Å²) in [5, 5.41) is 6.31. The van der Waals surface area contributed by atoms with E-state index in [9.17, 15) is 4.79 Å². The number of benzene rings is 1. The first-order valence-electron chi connectivity index (χ1n) is 8.10. The molecule has 2 aromatic rings.